The number of amides is 2. The van der Waals surface area contributed by atoms with Gasteiger partial charge in [0.25, 0.3) is 0 Å². The highest BCUT2D eigenvalue weighted by atomic mass is 79.9. The Morgan fingerprint density at radius 2 is 2.04 bits per heavy atom. The fraction of sp³-hybridized carbons (Fsp3) is 0.167. The van der Waals surface area contributed by atoms with E-state index in [1.807, 2.05) is 54.6 Å². The summed E-state index contributed by atoms with van der Waals surface area (Å²) >= 11 is 3.41. The zero-order valence-corrected chi connectivity index (χ0v) is 14.5. The van der Waals surface area contributed by atoms with Crippen molar-refractivity contribution in [3.05, 3.63) is 70.3 Å². The molecule has 0 heterocycles. The number of urea groups is 1. The van der Waals surface area contributed by atoms with Gasteiger partial charge in [0.1, 0.15) is 5.75 Å². The second-order valence-corrected chi connectivity index (χ2v) is 5.77. The molecule has 23 heavy (non-hydrogen) atoms. The highest BCUT2D eigenvalue weighted by Crippen LogP contribution is 2.17. The first-order chi connectivity index (χ1) is 11.2. The van der Waals surface area contributed by atoms with Gasteiger partial charge in [-0.15, -0.1) is 0 Å². The van der Waals surface area contributed by atoms with Crippen LogP contribution in [0.4, 0.5) is 4.79 Å². The summed E-state index contributed by atoms with van der Waals surface area (Å²) in [6.45, 7) is 0.539. The van der Waals surface area contributed by atoms with Crippen LogP contribution in [-0.2, 0) is 6.42 Å². The third kappa shape index (κ3) is 5.79. The standard InChI is InChI=1S/C18H19BrN2O2/c1-23-17-8-3-2-6-15(17)10-12-21-18(22)20-11-9-14-5-4-7-16(19)13-14/h2-9,11,13H,10,12H2,1H3,(H2,20,21,22)/b11-9+. The van der Waals surface area contributed by atoms with Gasteiger partial charge in [0.15, 0.2) is 0 Å². The average Bonchev–Trinajstić information content (AvgIpc) is 2.55. The summed E-state index contributed by atoms with van der Waals surface area (Å²) in [7, 11) is 1.64. The number of hydrogen-bond acceptors (Lipinski definition) is 2. The number of ether oxygens (including phenoxy) is 1. The van der Waals surface area contributed by atoms with Gasteiger partial charge in [-0.2, -0.15) is 0 Å². The fourth-order valence-electron chi connectivity index (χ4n) is 2.10. The Hall–Kier alpha value is -2.27. The van der Waals surface area contributed by atoms with Crippen molar-refractivity contribution >= 4 is 28.0 Å². The maximum atomic E-state index is 11.7. The molecule has 0 fully saturated rings. The van der Waals surface area contributed by atoms with E-state index in [2.05, 4.69) is 26.6 Å². The maximum absolute atomic E-state index is 11.7. The molecule has 2 aromatic rings. The molecule has 2 aromatic carbocycles. The lowest BCUT2D eigenvalue weighted by Crippen LogP contribution is -2.33. The Morgan fingerprint density at radius 1 is 1.22 bits per heavy atom. The molecule has 120 valence electrons. The molecule has 0 radical (unpaired) electrons. The summed E-state index contributed by atoms with van der Waals surface area (Å²) < 4.78 is 6.28. The zero-order valence-electron chi connectivity index (χ0n) is 12.9. The number of para-hydroxylation sites is 1. The van der Waals surface area contributed by atoms with E-state index in [1.165, 1.54) is 0 Å². The molecule has 2 amide bonds. The third-order valence-electron chi connectivity index (χ3n) is 3.21. The first-order valence-corrected chi connectivity index (χ1v) is 8.06. The minimum atomic E-state index is -0.230. The van der Waals surface area contributed by atoms with Crippen LogP contribution in [-0.4, -0.2) is 19.7 Å². The number of carbonyl (C=O) groups is 1. The van der Waals surface area contributed by atoms with Gasteiger partial charge in [-0.3, -0.25) is 0 Å². The molecule has 0 aliphatic heterocycles. The molecule has 0 atom stereocenters. The zero-order chi connectivity index (χ0) is 16.5. The minimum Gasteiger partial charge on any atom is -0.496 e. The van der Waals surface area contributed by atoms with Crippen LogP contribution in [0.1, 0.15) is 11.1 Å². The van der Waals surface area contributed by atoms with Crippen LogP contribution in [0, 0.1) is 0 Å². The van der Waals surface area contributed by atoms with E-state index in [4.69, 9.17) is 4.74 Å². The van der Waals surface area contributed by atoms with Crippen molar-refractivity contribution in [3.8, 4) is 5.75 Å². The van der Waals surface area contributed by atoms with Crippen LogP contribution in [0.25, 0.3) is 6.08 Å². The van der Waals surface area contributed by atoms with Crippen molar-refractivity contribution in [2.75, 3.05) is 13.7 Å². The van der Waals surface area contributed by atoms with Crippen LogP contribution in [0.5, 0.6) is 5.75 Å². The lowest BCUT2D eigenvalue weighted by molar-refractivity contribution is 0.244. The van der Waals surface area contributed by atoms with Gasteiger partial charge in [0, 0.05) is 17.2 Å². The van der Waals surface area contributed by atoms with Crippen molar-refractivity contribution in [1.29, 1.82) is 0 Å². The molecule has 0 spiro atoms. The Kier molecular flexibility index (Phi) is 6.69. The molecule has 0 aromatic heterocycles. The predicted octanol–water partition coefficient (Wildman–Crippen LogP) is 3.97. The highest BCUT2D eigenvalue weighted by Gasteiger charge is 2.02. The molecule has 4 nitrogen and oxygen atoms in total. The molecular formula is C18H19BrN2O2. The van der Waals surface area contributed by atoms with E-state index in [9.17, 15) is 4.79 Å². The smallest absolute Gasteiger partial charge is 0.318 e. The topological polar surface area (TPSA) is 50.4 Å². The monoisotopic (exact) mass is 374 g/mol. The first kappa shape index (κ1) is 17.1. The van der Waals surface area contributed by atoms with Gasteiger partial charge in [0.2, 0.25) is 0 Å². The van der Waals surface area contributed by atoms with Gasteiger partial charge >= 0.3 is 6.03 Å². The van der Waals surface area contributed by atoms with E-state index in [0.717, 1.165) is 21.3 Å². The van der Waals surface area contributed by atoms with Crippen LogP contribution in [0.15, 0.2) is 59.2 Å². The molecule has 5 heteroatoms. The summed E-state index contributed by atoms with van der Waals surface area (Å²) in [5.74, 6) is 0.837. The number of carbonyl (C=O) groups excluding carboxylic acids is 1. The summed E-state index contributed by atoms with van der Waals surface area (Å²) in [5.41, 5.74) is 2.08. The molecule has 2 rings (SSSR count). The normalized spacial score (nSPS) is 10.5. The number of benzene rings is 2. The first-order valence-electron chi connectivity index (χ1n) is 7.27. The van der Waals surface area contributed by atoms with Crippen molar-refractivity contribution in [3.63, 3.8) is 0 Å². The molecule has 0 aliphatic carbocycles. The second kappa shape index (κ2) is 9.00. The van der Waals surface area contributed by atoms with Crippen molar-refractivity contribution in [1.82, 2.24) is 10.6 Å². The van der Waals surface area contributed by atoms with Crippen LogP contribution >= 0.6 is 15.9 Å². The second-order valence-electron chi connectivity index (χ2n) is 4.85. The lowest BCUT2D eigenvalue weighted by Gasteiger charge is -2.08. The van der Waals surface area contributed by atoms with Crippen LogP contribution in [0.2, 0.25) is 0 Å². The molecule has 0 unspecified atom stereocenters. The van der Waals surface area contributed by atoms with E-state index in [-0.39, 0.29) is 6.03 Å². The fourth-order valence-corrected chi connectivity index (χ4v) is 2.51. The van der Waals surface area contributed by atoms with Gasteiger partial charge in [-0.05, 0) is 41.8 Å². The van der Waals surface area contributed by atoms with Gasteiger partial charge < -0.3 is 15.4 Å². The molecule has 0 aliphatic rings. The minimum absolute atomic E-state index is 0.230. The Balaban J connectivity index is 1.75. The highest BCUT2D eigenvalue weighted by molar-refractivity contribution is 9.10. The molecule has 0 saturated heterocycles. The van der Waals surface area contributed by atoms with Gasteiger partial charge in [-0.25, -0.2) is 4.79 Å². The number of hydrogen-bond donors (Lipinski definition) is 2. The molecule has 2 N–H and O–H groups in total. The van der Waals surface area contributed by atoms with Crippen molar-refractivity contribution < 1.29 is 9.53 Å². The average molecular weight is 375 g/mol. The third-order valence-corrected chi connectivity index (χ3v) is 3.70. The van der Waals surface area contributed by atoms with E-state index in [0.29, 0.717) is 13.0 Å². The molecular weight excluding hydrogens is 356 g/mol. The van der Waals surface area contributed by atoms with E-state index in [1.54, 1.807) is 13.3 Å². The molecule has 0 bridgehead atoms. The van der Waals surface area contributed by atoms with Gasteiger partial charge in [0.05, 0.1) is 7.11 Å². The SMILES string of the molecule is COc1ccccc1CCNC(=O)N/C=C/c1cccc(Br)c1. The van der Waals surface area contributed by atoms with Crippen molar-refractivity contribution in [2.24, 2.45) is 0 Å². The number of rotatable bonds is 6. The number of halogens is 1. The Bertz CT molecular complexity index is 686. The maximum Gasteiger partial charge on any atom is 0.318 e. The lowest BCUT2D eigenvalue weighted by atomic mass is 10.1. The summed E-state index contributed by atoms with van der Waals surface area (Å²) in [4.78, 5) is 11.7. The van der Waals surface area contributed by atoms with Crippen LogP contribution < -0.4 is 15.4 Å². The Morgan fingerprint density at radius 3 is 2.83 bits per heavy atom. The van der Waals surface area contributed by atoms with E-state index < -0.39 is 0 Å². The quantitative estimate of drug-likeness (QED) is 0.803. The Labute approximate surface area is 144 Å². The van der Waals surface area contributed by atoms with Crippen molar-refractivity contribution in [2.45, 2.75) is 6.42 Å². The van der Waals surface area contributed by atoms with E-state index >= 15 is 0 Å². The predicted molar refractivity (Wildman–Crippen MR) is 96.4 cm³/mol. The summed E-state index contributed by atoms with van der Waals surface area (Å²) in [6, 6.07) is 15.4. The largest absolute Gasteiger partial charge is 0.496 e. The number of methoxy groups -OCH3 is 1. The summed E-state index contributed by atoms with van der Waals surface area (Å²) in [5, 5.41) is 5.50. The van der Waals surface area contributed by atoms with Gasteiger partial charge in [-0.1, -0.05) is 46.3 Å². The molecule has 0 saturated carbocycles. The van der Waals surface area contributed by atoms with Crippen LogP contribution in [0.3, 0.4) is 0 Å². The summed E-state index contributed by atoms with van der Waals surface area (Å²) in [6.07, 6.45) is 4.18. The number of nitrogens with one attached hydrogen (secondary N) is 2.